The highest BCUT2D eigenvalue weighted by Crippen LogP contribution is 2.38. The fourth-order valence-electron chi connectivity index (χ4n) is 3.19. The van der Waals surface area contributed by atoms with Gasteiger partial charge < -0.3 is 10.2 Å². The Hall–Kier alpha value is -2.22. The third kappa shape index (κ3) is 3.48. The molecular formula is C22H28O2. The predicted octanol–water partition coefficient (Wildman–Crippen LogP) is 5.88. The van der Waals surface area contributed by atoms with Crippen LogP contribution in [0.4, 0.5) is 0 Å². The van der Waals surface area contributed by atoms with Crippen molar-refractivity contribution in [3.05, 3.63) is 57.6 Å². The van der Waals surface area contributed by atoms with Crippen LogP contribution >= 0.6 is 0 Å². The first-order chi connectivity index (χ1) is 11.0. The summed E-state index contributed by atoms with van der Waals surface area (Å²) in [5.41, 5.74) is 6.55. The minimum absolute atomic E-state index is 0.113. The van der Waals surface area contributed by atoms with E-state index in [4.69, 9.17) is 0 Å². The van der Waals surface area contributed by atoms with Crippen molar-refractivity contribution in [1.29, 1.82) is 0 Å². The number of hydrogen-bond acceptors (Lipinski definition) is 2. The van der Waals surface area contributed by atoms with E-state index in [0.717, 1.165) is 39.0 Å². The summed E-state index contributed by atoms with van der Waals surface area (Å²) in [6.07, 6.45) is 2.06. The molecule has 0 fully saturated rings. The van der Waals surface area contributed by atoms with Crippen molar-refractivity contribution in [2.75, 3.05) is 0 Å². The van der Waals surface area contributed by atoms with E-state index < -0.39 is 0 Å². The molecule has 0 saturated carbocycles. The van der Waals surface area contributed by atoms with E-state index >= 15 is 0 Å². The van der Waals surface area contributed by atoms with Gasteiger partial charge in [-0.1, -0.05) is 39.0 Å². The van der Waals surface area contributed by atoms with Gasteiger partial charge in [0, 0.05) is 5.56 Å². The largest absolute Gasteiger partial charge is 0.507 e. The number of benzene rings is 2. The van der Waals surface area contributed by atoms with Crippen molar-refractivity contribution in [3.63, 3.8) is 0 Å². The minimum atomic E-state index is -0.113. The summed E-state index contributed by atoms with van der Waals surface area (Å²) in [6.45, 7) is 14.2. The Kier molecular flexibility index (Phi) is 4.80. The molecule has 2 rings (SSSR count). The van der Waals surface area contributed by atoms with Crippen molar-refractivity contribution in [2.45, 2.75) is 53.9 Å². The van der Waals surface area contributed by atoms with Crippen LogP contribution in [0.2, 0.25) is 0 Å². The molecule has 2 aromatic rings. The molecule has 0 radical (unpaired) electrons. The summed E-state index contributed by atoms with van der Waals surface area (Å²) < 4.78 is 0. The van der Waals surface area contributed by atoms with Gasteiger partial charge in [-0.2, -0.15) is 0 Å². The van der Waals surface area contributed by atoms with Gasteiger partial charge in [-0.3, -0.25) is 0 Å². The molecule has 0 aliphatic carbocycles. The van der Waals surface area contributed by atoms with E-state index in [2.05, 4.69) is 32.9 Å². The molecule has 24 heavy (non-hydrogen) atoms. The summed E-state index contributed by atoms with van der Waals surface area (Å²) in [5, 5.41) is 20.8. The quantitative estimate of drug-likeness (QED) is 0.677. The van der Waals surface area contributed by atoms with Gasteiger partial charge in [-0.05, 0) is 78.6 Å². The van der Waals surface area contributed by atoms with Crippen molar-refractivity contribution < 1.29 is 10.2 Å². The molecule has 2 nitrogen and oxygen atoms in total. The monoisotopic (exact) mass is 324 g/mol. The van der Waals surface area contributed by atoms with Crippen LogP contribution < -0.4 is 0 Å². The molecule has 0 aliphatic rings. The molecule has 0 aromatic heterocycles. The molecule has 0 bridgehead atoms. The van der Waals surface area contributed by atoms with Crippen LogP contribution in [0.5, 0.6) is 11.5 Å². The van der Waals surface area contributed by atoms with E-state index in [1.165, 1.54) is 0 Å². The first kappa shape index (κ1) is 18.1. The average molecular weight is 324 g/mol. The van der Waals surface area contributed by atoms with Crippen LogP contribution in [0, 0.1) is 20.8 Å². The molecule has 0 heterocycles. The molecule has 128 valence electrons. The van der Waals surface area contributed by atoms with Crippen molar-refractivity contribution in [1.82, 2.24) is 0 Å². The predicted molar refractivity (Wildman–Crippen MR) is 103 cm³/mol. The third-order valence-corrected chi connectivity index (χ3v) is 4.49. The van der Waals surface area contributed by atoms with Crippen LogP contribution in [0.25, 0.3) is 11.6 Å². The van der Waals surface area contributed by atoms with Crippen LogP contribution in [0.1, 0.15) is 61.1 Å². The molecular weight excluding hydrogens is 296 g/mol. The zero-order chi connectivity index (χ0) is 18.2. The highest BCUT2D eigenvalue weighted by Gasteiger charge is 2.21. The van der Waals surface area contributed by atoms with Gasteiger partial charge in [-0.25, -0.2) is 0 Å². The second kappa shape index (κ2) is 6.35. The Morgan fingerprint density at radius 2 is 1.42 bits per heavy atom. The van der Waals surface area contributed by atoms with Crippen molar-refractivity contribution >= 4 is 11.6 Å². The van der Waals surface area contributed by atoms with Crippen LogP contribution in [0.15, 0.2) is 24.3 Å². The molecule has 0 atom stereocenters. The van der Waals surface area contributed by atoms with Gasteiger partial charge >= 0.3 is 0 Å². The number of phenols is 2. The summed E-state index contributed by atoms with van der Waals surface area (Å²) in [7, 11) is 0. The Morgan fingerprint density at radius 3 is 1.92 bits per heavy atom. The highest BCUT2D eigenvalue weighted by molar-refractivity contribution is 5.85. The van der Waals surface area contributed by atoms with Gasteiger partial charge in [0.2, 0.25) is 0 Å². The van der Waals surface area contributed by atoms with Crippen molar-refractivity contribution in [3.8, 4) is 11.5 Å². The fraction of sp³-hybridized carbons (Fsp3) is 0.364. The Bertz CT molecular complexity index is 782. The number of phenolic OH excluding ortho intramolecular Hbond substituents is 2. The summed E-state index contributed by atoms with van der Waals surface area (Å²) >= 11 is 0. The molecule has 0 amide bonds. The molecule has 0 saturated heterocycles. The molecule has 2 heteroatoms. The molecule has 0 aliphatic heterocycles. The van der Waals surface area contributed by atoms with E-state index in [9.17, 15) is 10.2 Å². The number of allylic oxidation sites excluding steroid dienone is 1. The van der Waals surface area contributed by atoms with Gasteiger partial charge in [0.25, 0.3) is 0 Å². The lowest BCUT2D eigenvalue weighted by Gasteiger charge is -2.23. The molecule has 2 N–H and O–H groups in total. The Balaban J connectivity index is 2.60. The number of rotatable bonds is 2. The first-order valence-electron chi connectivity index (χ1n) is 8.34. The lowest BCUT2D eigenvalue weighted by atomic mass is 9.83. The molecule has 0 spiro atoms. The second-order valence-electron chi connectivity index (χ2n) is 7.73. The third-order valence-electron chi connectivity index (χ3n) is 4.49. The average Bonchev–Trinajstić information content (AvgIpc) is 2.43. The minimum Gasteiger partial charge on any atom is -0.507 e. The zero-order valence-electron chi connectivity index (χ0n) is 15.8. The SMILES string of the molecule is CC(=Cc1cc(C)c(O)c(C)c1)c1c(C)ccc(C(C)(C)C)c1O. The fourth-order valence-corrected chi connectivity index (χ4v) is 3.19. The maximum atomic E-state index is 10.8. The van der Waals surface area contributed by atoms with Crippen LogP contribution in [-0.4, -0.2) is 10.2 Å². The Labute approximate surface area is 145 Å². The molecule has 2 aromatic carbocycles. The lowest BCUT2D eigenvalue weighted by Crippen LogP contribution is -2.12. The maximum absolute atomic E-state index is 10.8. The van der Waals surface area contributed by atoms with Crippen LogP contribution in [0.3, 0.4) is 0 Å². The highest BCUT2D eigenvalue weighted by atomic mass is 16.3. The van der Waals surface area contributed by atoms with E-state index in [1.807, 2.05) is 45.9 Å². The van der Waals surface area contributed by atoms with E-state index in [-0.39, 0.29) is 5.41 Å². The number of aromatic hydroxyl groups is 2. The number of aryl methyl sites for hydroxylation is 3. The first-order valence-corrected chi connectivity index (χ1v) is 8.34. The number of hydrogen-bond donors (Lipinski definition) is 2. The Morgan fingerprint density at radius 1 is 0.875 bits per heavy atom. The summed E-state index contributed by atoms with van der Waals surface area (Å²) in [6, 6.07) is 8.01. The lowest BCUT2D eigenvalue weighted by molar-refractivity contribution is 0.444. The van der Waals surface area contributed by atoms with E-state index in [0.29, 0.717) is 11.5 Å². The standard InChI is InChI=1S/C22H28O2/c1-13-8-9-18(22(5,6)7)21(24)19(13)14(2)10-17-11-15(3)20(23)16(4)12-17/h8-12,23-24H,1-7H3. The smallest absolute Gasteiger partial charge is 0.127 e. The topological polar surface area (TPSA) is 40.5 Å². The second-order valence-corrected chi connectivity index (χ2v) is 7.73. The van der Waals surface area contributed by atoms with Gasteiger partial charge in [0.1, 0.15) is 11.5 Å². The summed E-state index contributed by atoms with van der Waals surface area (Å²) in [4.78, 5) is 0. The van der Waals surface area contributed by atoms with Gasteiger partial charge in [0.15, 0.2) is 0 Å². The van der Waals surface area contributed by atoms with Gasteiger partial charge in [0.05, 0.1) is 0 Å². The normalized spacial score (nSPS) is 12.5. The van der Waals surface area contributed by atoms with E-state index in [1.54, 1.807) is 0 Å². The molecule has 0 unspecified atom stereocenters. The maximum Gasteiger partial charge on any atom is 0.127 e. The van der Waals surface area contributed by atoms with Crippen molar-refractivity contribution in [2.24, 2.45) is 0 Å². The zero-order valence-corrected chi connectivity index (χ0v) is 15.8. The van der Waals surface area contributed by atoms with Crippen LogP contribution in [-0.2, 0) is 5.41 Å². The summed E-state index contributed by atoms with van der Waals surface area (Å²) in [5.74, 6) is 0.710. The van der Waals surface area contributed by atoms with Gasteiger partial charge in [-0.15, -0.1) is 0 Å².